The Labute approximate surface area is 115 Å². The zero-order valence-corrected chi connectivity index (χ0v) is 10.9. The van der Waals surface area contributed by atoms with Gasteiger partial charge in [0.25, 0.3) is 5.91 Å². The summed E-state index contributed by atoms with van der Waals surface area (Å²) in [5.41, 5.74) is 5.79. The lowest BCUT2D eigenvalue weighted by Crippen LogP contribution is -2.44. The quantitative estimate of drug-likeness (QED) is 0.275. The van der Waals surface area contributed by atoms with Crippen LogP contribution in [0.25, 0.3) is 0 Å². The summed E-state index contributed by atoms with van der Waals surface area (Å²) >= 11 is 0. The maximum atomic E-state index is 12.3. The molecule has 5 N–H and O–H groups in total. The van der Waals surface area contributed by atoms with E-state index < -0.39 is 0 Å². The van der Waals surface area contributed by atoms with Crippen LogP contribution in [0.2, 0.25) is 0 Å². The lowest BCUT2D eigenvalue weighted by Gasteiger charge is -2.32. The average Bonchev–Trinajstić information content (AvgIpc) is 2.44. The second kappa shape index (κ2) is 5.68. The Kier molecular flexibility index (Phi) is 3.97. The van der Waals surface area contributed by atoms with Gasteiger partial charge in [-0.25, -0.2) is 0 Å². The van der Waals surface area contributed by atoms with Gasteiger partial charge in [-0.2, -0.15) is 0 Å². The molecule has 2 rings (SSSR count). The maximum Gasteiger partial charge on any atom is 0.254 e. The lowest BCUT2D eigenvalue weighted by atomic mass is 9.96. The zero-order valence-electron chi connectivity index (χ0n) is 10.9. The molecular formula is C13H17N3O4. The zero-order chi connectivity index (χ0) is 14.7. The van der Waals surface area contributed by atoms with E-state index in [-0.39, 0.29) is 34.7 Å². The first kappa shape index (κ1) is 14.0. The number of phenols is 2. The van der Waals surface area contributed by atoms with Gasteiger partial charge >= 0.3 is 0 Å². The fourth-order valence-corrected chi connectivity index (χ4v) is 2.39. The molecule has 7 nitrogen and oxygen atoms in total. The molecule has 0 bridgehead atoms. The molecule has 1 unspecified atom stereocenters. The largest absolute Gasteiger partial charge is 0.508 e. The summed E-state index contributed by atoms with van der Waals surface area (Å²) in [5, 5.41) is 30.5. The van der Waals surface area contributed by atoms with Crippen molar-refractivity contribution in [2.45, 2.75) is 12.8 Å². The van der Waals surface area contributed by atoms with Gasteiger partial charge < -0.3 is 26.1 Å². The number of piperidine rings is 1. The Balaban J connectivity index is 2.16. The monoisotopic (exact) mass is 279 g/mol. The van der Waals surface area contributed by atoms with Crippen molar-refractivity contribution in [1.29, 1.82) is 0 Å². The Morgan fingerprint density at radius 1 is 1.30 bits per heavy atom. The minimum atomic E-state index is -0.299. The third kappa shape index (κ3) is 2.93. The van der Waals surface area contributed by atoms with Crippen LogP contribution in [-0.2, 0) is 0 Å². The number of benzene rings is 1. The predicted molar refractivity (Wildman–Crippen MR) is 71.8 cm³/mol. The standard InChI is InChI=1S/C13H17N3O4/c14-12(15-20)8-2-1-3-16(7-8)13(19)9-4-10(17)6-11(18)5-9/h4-6,8,17-18,20H,1-3,7H2,(H2,14,15). The highest BCUT2D eigenvalue weighted by atomic mass is 16.4. The molecule has 0 saturated carbocycles. The summed E-state index contributed by atoms with van der Waals surface area (Å²) in [4.78, 5) is 13.9. The molecule has 1 aromatic carbocycles. The third-order valence-corrected chi connectivity index (χ3v) is 3.39. The molecule has 1 fully saturated rings. The molecular weight excluding hydrogens is 262 g/mol. The smallest absolute Gasteiger partial charge is 0.254 e. The summed E-state index contributed by atoms with van der Waals surface area (Å²) < 4.78 is 0. The molecule has 108 valence electrons. The third-order valence-electron chi connectivity index (χ3n) is 3.39. The Bertz CT molecular complexity index is 524. The molecule has 0 radical (unpaired) electrons. The van der Waals surface area contributed by atoms with E-state index in [0.717, 1.165) is 18.9 Å². The fraction of sp³-hybridized carbons (Fsp3) is 0.385. The number of aromatic hydroxyl groups is 2. The number of nitrogens with zero attached hydrogens (tertiary/aromatic N) is 2. The second-order valence-corrected chi connectivity index (χ2v) is 4.85. The van der Waals surface area contributed by atoms with Crippen LogP contribution in [0, 0.1) is 5.92 Å². The number of amides is 1. The topological polar surface area (TPSA) is 119 Å². The minimum Gasteiger partial charge on any atom is -0.508 e. The highest BCUT2D eigenvalue weighted by Crippen LogP contribution is 2.24. The van der Waals surface area contributed by atoms with Crippen molar-refractivity contribution in [1.82, 2.24) is 4.90 Å². The van der Waals surface area contributed by atoms with Gasteiger partial charge in [0.2, 0.25) is 0 Å². The number of likely N-dealkylation sites (tertiary alicyclic amines) is 1. The summed E-state index contributed by atoms with van der Waals surface area (Å²) in [6.07, 6.45) is 1.50. The molecule has 0 aliphatic carbocycles. The van der Waals surface area contributed by atoms with Crippen molar-refractivity contribution in [2.24, 2.45) is 16.8 Å². The molecule has 1 aliphatic heterocycles. The van der Waals surface area contributed by atoms with Crippen LogP contribution in [0.1, 0.15) is 23.2 Å². The van der Waals surface area contributed by atoms with E-state index in [0.29, 0.717) is 13.1 Å². The van der Waals surface area contributed by atoms with Crippen LogP contribution >= 0.6 is 0 Å². The summed E-state index contributed by atoms with van der Waals surface area (Å²) in [7, 11) is 0. The van der Waals surface area contributed by atoms with Crippen LogP contribution in [0.5, 0.6) is 11.5 Å². The molecule has 1 aromatic rings. The van der Waals surface area contributed by atoms with E-state index in [1.807, 2.05) is 0 Å². The summed E-state index contributed by atoms with van der Waals surface area (Å²) in [6, 6.07) is 3.76. The van der Waals surface area contributed by atoms with Crippen LogP contribution in [0.15, 0.2) is 23.4 Å². The van der Waals surface area contributed by atoms with Crippen molar-refractivity contribution in [3.63, 3.8) is 0 Å². The van der Waals surface area contributed by atoms with Gasteiger partial charge in [0.05, 0.1) is 0 Å². The molecule has 1 atom stereocenters. The minimum absolute atomic E-state index is 0.112. The van der Waals surface area contributed by atoms with Crippen molar-refractivity contribution < 1.29 is 20.2 Å². The van der Waals surface area contributed by atoms with Crippen LogP contribution < -0.4 is 5.73 Å². The van der Waals surface area contributed by atoms with Crippen LogP contribution in [0.3, 0.4) is 0 Å². The van der Waals surface area contributed by atoms with E-state index in [2.05, 4.69) is 5.16 Å². The SMILES string of the molecule is N/C(=N/O)C1CCCN(C(=O)c2cc(O)cc(O)c2)C1. The van der Waals surface area contributed by atoms with Crippen molar-refractivity contribution in [3.05, 3.63) is 23.8 Å². The van der Waals surface area contributed by atoms with E-state index in [9.17, 15) is 15.0 Å². The van der Waals surface area contributed by atoms with Gasteiger partial charge in [-0.3, -0.25) is 4.79 Å². The fourth-order valence-electron chi connectivity index (χ4n) is 2.39. The Morgan fingerprint density at radius 2 is 1.95 bits per heavy atom. The number of hydrogen-bond acceptors (Lipinski definition) is 5. The molecule has 1 amide bonds. The number of hydrogen-bond donors (Lipinski definition) is 4. The molecule has 7 heteroatoms. The van der Waals surface area contributed by atoms with E-state index in [4.69, 9.17) is 10.9 Å². The average molecular weight is 279 g/mol. The molecule has 20 heavy (non-hydrogen) atoms. The van der Waals surface area contributed by atoms with Crippen LogP contribution in [0.4, 0.5) is 0 Å². The number of oxime groups is 1. The van der Waals surface area contributed by atoms with E-state index in [1.165, 1.54) is 12.1 Å². The Morgan fingerprint density at radius 3 is 2.55 bits per heavy atom. The first-order chi connectivity index (χ1) is 9.51. The normalized spacial score (nSPS) is 19.9. The first-order valence-corrected chi connectivity index (χ1v) is 6.31. The van der Waals surface area contributed by atoms with Gasteiger partial charge in [-0.1, -0.05) is 5.16 Å². The lowest BCUT2D eigenvalue weighted by molar-refractivity contribution is 0.0700. The Hall–Kier alpha value is -2.44. The molecule has 0 spiro atoms. The molecule has 0 aromatic heterocycles. The number of phenolic OH excluding ortho intramolecular Hbond substituents is 2. The highest BCUT2D eigenvalue weighted by Gasteiger charge is 2.27. The van der Waals surface area contributed by atoms with Gasteiger partial charge in [0.15, 0.2) is 0 Å². The molecule has 1 heterocycles. The predicted octanol–water partition coefficient (Wildman–Crippen LogP) is 0.696. The van der Waals surface area contributed by atoms with Crippen molar-refractivity contribution in [2.75, 3.05) is 13.1 Å². The van der Waals surface area contributed by atoms with Gasteiger partial charge in [-0.15, -0.1) is 0 Å². The maximum absolute atomic E-state index is 12.3. The summed E-state index contributed by atoms with van der Waals surface area (Å²) in [6.45, 7) is 0.912. The number of nitrogens with two attached hydrogens (primary N) is 1. The number of rotatable bonds is 2. The van der Waals surface area contributed by atoms with Crippen molar-refractivity contribution >= 4 is 11.7 Å². The van der Waals surface area contributed by atoms with Gasteiger partial charge in [-0.05, 0) is 25.0 Å². The first-order valence-electron chi connectivity index (χ1n) is 6.31. The van der Waals surface area contributed by atoms with Crippen LogP contribution in [-0.4, -0.2) is 45.2 Å². The van der Waals surface area contributed by atoms with E-state index in [1.54, 1.807) is 4.90 Å². The highest BCUT2D eigenvalue weighted by molar-refractivity contribution is 5.95. The second-order valence-electron chi connectivity index (χ2n) is 4.85. The number of carbonyl (C=O) groups excluding carboxylic acids is 1. The molecule has 1 saturated heterocycles. The number of carbonyl (C=O) groups is 1. The summed E-state index contributed by atoms with van der Waals surface area (Å²) in [5.74, 6) is -0.701. The van der Waals surface area contributed by atoms with Crippen molar-refractivity contribution in [3.8, 4) is 11.5 Å². The molecule has 1 aliphatic rings. The number of amidine groups is 1. The van der Waals surface area contributed by atoms with Gasteiger partial charge in [0.1, 0.15) is 17.3 Å². The van der Waals surface area contributed by atoms with E-state index >= 15 is 0 Å². The van der Waals surface area contributed by atoms with Gasteiger partial charge in [0, 0.05) is 30.6 Å².